The maximum Gasteiger partial charge on any atom is 0.222 e. The first-order chi connectivity index (χ1) is 9.19. The van der Waals surface area contributed by atoms with E-state index in [1.165, 1.54) is 24.9 Å². The van der Waals surface area contributed by atoms with Crippen LogP contribution in [0, 0.1) is 5.92 Å². The molecule has 0 aromatic carbocycles. The Morgan fingerprint density at radius 2 is 2.21 bits per heavy atom. The lowest BCUT2D eigenvalue weighted by Gasteiger charge is -2.29. The van der Waals surface area contributed by atoms with E-state index >= 15 is 0 Å². The summed E-state index contributed by atoms with van der Waals surface area (Å²) in [6, 6.07) is 0. The van der Waals surface area contributed by atoms with Gasteiger partial charge in [0, 0.05) is 25.5 Å². The summed E-state index contributed by atoms with van der Waals surface area (Å²) < 4.78 is 0. The van der Waals surface area contributed by atoms with E-state index in [1.807, 2.05) is 12.4 Å². The molecule has 1 aromatic rings. The van der Waals surface area contributed by atoms with Crippen LogP contribution < -0.4 is 11.1 Å². The van der Waals surface area contributed by atoms with Crippen LogP contribution in [-0.4, -0.2) is 48.1 Å². The molecule has 2 rings (SSSR count). The van der Waals surface area contributed by atoms with E-state index in [-0.39, 0.29) is 0 Å². The van der Waals surface area contributed by atoms with Crippen molar-refractivity contribution in [1.82, 2.24) is 14.9 Å². The molecule has 3 N–H and O–H groups in total. The highest BCUT2D eigenvalue weighted by atomic mass is 15.1. The Hall–Kier alpha value is -1.20. The van der Waals surface area contributed by atoms with Gasteiger partial charge in [-0.1, -0.05) is 6.92 Å². The number of rotatable bonds is 5. The third-order valence-corrected chi connectivity index (χ3v) is 3.78. The first-order valence-electron chi connectivity index (χ1n) is 7.13. The van der Waals surface area contributed by atoms with Crippen LogP contribution >= 0.6 is 0 Å². The molecule has 2 atom stereocenters. The van der Waals surface area contributed by atoms with Crippen LogP contribution in [0.4, 0.5) is 5.95 Å². The van der Waals surface area contributed by atoms with Crippen molar-refractivity contribution in [2.24, 2.45) is 11.7 Å². The fraction of sp³-hybridized carbons (Fsp3) is 0.714. The number of piperidine rings is 1. The molecule has 106 valence electrons. The molecule has 19 heavy (non-hydrogen) atoms. The van der Waals surface area contributed by atoms with Crippen LogP contribution in [0.25, 0.3) is 0 Å². The SMILES string of the molecule is CC(CN)CNc1ncc(C2CCCN(C)C2)cn1. The largest absolute Gasteiger partial charge is 0.354 e. The molecule has 0 amide bonds. The van der Waals surface area contributed by atoms with Crippen molar-refractivity contribution in [3.05, 3.63) is 18.0 Å². The maximum absolute atomic E-state index is 5.59. The van der Waals surface area contributed by atoms with E-state index in [9.17, 15) is 0 Å². The fourth-order valence-corrected chi connectivity index (χ4v) is 2.43. The molecular formula is C14H25N5. The first kappa shape index (κ1) is 14.2. The predicted octanol–water partition coefficient (Wildman–Crippen LogP) is 1.29. The second-order valence-electron chi connectivity index (χ2n) is 5.66. The zero-order chi connectivity index (χ0) is 13.7. The van der Waals surface area contributed by atoms with Gasteiger partial charge in [-0.15, -0.1) is 0 Å². The topological polar surface area (TPSA) is 67.1 Å². The summed E-state index contributed by atoms with van der Waals surface area (Å²) in [5, 5.41) is 3.22. The van der Waals surface area contributed by atoms with Crippen molar-refractivity contribution >= 4 is 5.95 Å². The Kier molecular flexibility index (Phi) is 5.10. The summed E-state index contributed by atoms with van der Waals surface area (Å²) in [6.07, 6.45) is 6.43. The number of nitrogens with zero attached hydrogens (tertiary/aromatic N) is 3. The van der Waals surface area contributed by atoms with Gasteiger partial charge in [0.15, 0.2) is 0 Å². The molecular weight excluding hydrogens is 238 g/mol. The number of likely N-dealkylation sites (N-methyl/N-ethyl adjacent to an activating group) is 1. The Morgan fingerprint density at radius 1 is 1.47 bits per heavy atom. The summed E-state index contributed by atoms with van der Waals surface area (Å²) in [5.74, 6) is 1.72. The molecule has 1 aliphatic heterocycles. The average molecular weight is 263 g/mol. The highest BCUT2D eigenvalue weighted by Gasteiger charge is 2.19. The minimum absolute atomic E-state index is 0.440. The molecule has 1 aromatic heterocycles. The Balaban J connectivity index is 1.90. The molecule has 5 heteroatoms. The number of aromatic nitrogens is 2. The summed E-state index contributed by atoms with van der Waals surface area (Å²) in [6.45, 7) is 5.93. The minimum Gasteiger partial charge on any atom is -0.354 e. The molecule has 0 spiro atoms. The average Bonchev–Trinajstić information content (AvgIpc) is 2.45. The smallest absolute Gasteiger partial charge is 0.222 e. The zero-order valence-electron chi connectivity index (χ0n) is 12.0. The van der Waals surface area contributed by atoms with Gasteiger partial charge >= 0.3 is 0 Å². The summed E-state index contributed by atoms with van der Waals surface area (Å²) in [4.78, 5) is 11.2. The molecule has 0 aliphatic carbocycles. The van der Waals surface area contributed by atoms with Crippen LogP contribution in [0.1, 0.15) is 31.2 Å². The number of nitrogens with two attached hydrogens (primary N) is 1. The molecule has 1 fully saturated rings. The van der Waals surface area contributed by atoms with E-state index in [0.717, 1.165) is 13.1 Å². The second kappa shape index (κ2) is 6.82. The van der Waals surface area contributed by atoms with Gasteiger partial charge in [0.2, 0.25) is 5.95 Å². The van der Waals surface area contributed by atoms with E-state index in [0.29, 0.717) is 24.3 Å². The van der Waals surface area contributed by atoms with Gasteiger partial charge in [-0.05, 0) is 50.4 Å². The lowest BCUT2D eigenvalue weighted by Crippen LogP contribution is -2.30. The van der Waals surface area contributed by atoms with Gasteiger partial charge in [0.25, 0.3) is 0 Å². The summed E-state index contributed by atoms with van der Waals surface area (Å²) in [5.41, 5.74) is 6.84. The molecule has 2 unspecified atom stereocenters. The first-order valence-corrected chi connectivity index (χ1v) is 7.13. The quantitative estimate of drug-likeness (QED) is 0.838. The van der Waals surface area contributed by atoms with Gasteiger partial charge in [0.05, 0.1) is 0 Å². The Labute approximate surface area is 115 Å². The van der Waals surface area contributed by atoms with E-state index in [1.54, 1.807) is 0 Å². The molecule has 1 saturated heterocycles. The zero-order valence-corrected chi connectivity index (χ0v) is 12.0. The van der Waals surface area contributed by atoms with E-state index in [2.05, 4.69) is 34.2 Å². The molecule has 0 radical (unpaired) electrons. The van der Waals surface area contributed by atoms with Crippen LogP contribution in [0.3, 0.4) is 0 Å². The van der Waals surface area contributed by atoms with Gasteiger partial charge in [0.1, 0.15) is 0 Å². The Bertz CT molecular complexity index is 378. The lowest BCUT2D eigenvalue weighted by molar-refractivity contribution is 0.250. The van der Waals surface area contributed by atoms with Crippen molar-refractivity contribution in [2.45, 2.75) is 25.7 Å². The molecule has 1 aliphatic rings. The van der Waals surface area contributed by atoms with Gasteiger partial charge in [-0.3, -0.25) is 0 Å². The normalized spacial score (nSPS) is 22.2. The molecule has 0 saturated carbocycles. The van der Waals surface area contributed by atoms with Crippen molar-refractivity contribution < 1.29 is 0 Å². The highest BCUT2D eigenvalue weighted by Crippen LogP contribution is 2.25. The van der Waals surface area contributed by atoms with Crippen LogP contribution in [0.15, 0.2) is 12.4 Å². The maximum atomic E-state index is 5.59. The number of hydrogen-bond acceptors (Lipinski definition) is 5. The van der Waals surface area contributed by atoms with Gasteiger partial charge < -0.3 is 16.0 Å². The predicted molar refractivity (Wildman–Crippen MR) is 78.2 cm³/mol. The van der Waals surface area contributed by atoms with Crippen molar-refractivity contribution in [1.29, 1.82) is 0 Å². The van der Waals surface area contributed by atoms with Crippen molar-refractivity contribution in [2.75, 3.05) is 38.5 Å². The number of anilines is 1. The van der Waals surface area contributed by atoms with Crippen LogP contribution in [0.5, 0.6) is 0 Å². The van der Waals surface area contributed by atoms with Crippen LogP contribution in [-0.2, 0) is 0 Å². The summed E-state index contributed by atoms with van der Waals surface area (Å²) >= 11 is 0. The fourth-order valence-electron chi connectivity index (χ4n) is 2.43. The van der Waals surface area contributed by atoms with Gasteiger partial charge in [-0.25, -0.2) is 9.97 Å². The van der Waals surface area contributed by atoms with Crippen molar-refractivity contribution in [3.8, 4) is 0 Å². The Morgan fingerprint density at radius 3 is 2.84 bits per heavy atom. The molecule has 5 nitrogen and oxygen atoms in total. The highest BCUT2D eigenvalue weighted by molar-refractivity contribution is 5.26. The van der Waals surface area contributed by atoms with E-state index in [4.69, 9.17) is 5.73 Å². The second-order valence-corrected chi connectivity index (χ2v) is 5.66. The van der Waals surface area contributed by atoms with E-state index < -0.39 is 0 Å². The van der Waals surface area contributed by atoms with Crippen LogP contribution in [0.2, 0.25) is 0 Å². The van der Waals surface area contributed by atoms with Crippen molar-refractivity contribution in [3.63, 3.8) is 0 Å². The number of hydrogen-bond donors (Lipinski definition) is 2. The lowest BCUT2D eigenvalue weighted by atomic mass is 9.93. The number of nitrogens with one attached hydrogen (secondary N) is 1. The third kappa shape index (κ3) is 4.14. The minimum atomic E-state index is 0.440. The monoisotopic (exact) mass is 263 g/mol. The third-order valence-electron chi connectivity index (χ3n) is 3.78. The molecule has 2 heterocycles. The summed E-state index contributed by atoms with van der Waals surface area (Å²) in [7, 11) is 2.18. The molecule has 0 bridgehead atoms. The van der Waals surface area contributed by atoms with Gasteiger partial charge in [-0.2, -0.15) is 0 Å². The number of likely N-dealkylation sites (tertiary alicyclic amines) is 1. The standard InChI is InChI=1S/C14H25N5/c1-11(6-15)7-16-14-17-8-13(9-18-14)12-4-3-5-19(2)10-12/h8-9,11-12H,3-7,10,15H2,1-2H3,(H,16,17,18).